The lowest BCUT2D eigenvalue weighted by Crippen LogP contribution is -2.45. The average Bonchev–Trinajstić information content (AvgIpc) is 3.29. The number of benzene rings is 1. The molecule has 1 aromatic heterocycles. The Balaban J connectivity index is 1.90. The summed E-state index contributed by atoms with van der Waals surface area (Å²) < 4.78 is 32.0. The molecular weight excluding hydrogens is 416 g/mol. The molecule has 10 heteroatoms. The zero-order valence-electron chi connectivity index (χ0n) is 15.5. The summed E-state index contributed by atoms with van der Waals surface area (Å²) >= 11 is 1.03. The van der Waals surface area contributed by atoms with Crippen molar-refractivity contribution in [3.05, 3.63) is 54.4 Å². The van der Waals surface area contributed by atoms with Crippen molar-refractivity contribution >= 4 is 44.8 Å². The first-order valence-electron chi connectivity index (χ1n) is 8.57. The molecule has 1 aliphatic rings. The highest BCUT2D eigenvalue weighted by molar-refractivity contribution is 7.91. The number of anilines is 1. The molecule has 152 valence electrons. The minimum atomic E-state index is -3.96. The van der Waals surface area contributed by atoms with Gasteiger partial charge < -0.3 is 4.74 Å². The second-order valence-electron chi connectivity index (χ2n) is 6.17. The van der Waals surface area contributed by atoms with E-state index in [1.165, 1.54) is 43.3 Å². The number of hydrogen-bond acceptors (Lipinski definition) is 7. The second kappa shape index (κ2) is 8.27. The minimum absolute atomic E-state index is 0.0868. The van der Waals surface area contributed by atoms with Gasteiger partial charge in [0, 0.05) is 13.5 Å². The van der Waals surface area contributed by atoms with Gasteiger partial charge in [-0.1, -0.05) is 12.1 Å². The van der Waals surface area contributed by atoms with Gasteiger partial charge in [-0.3, -0.25) is 14.4 Å². The van der Waals surface area contributed by atoms with Crippen LogP contribution in [0.5, 0.6) is 5.75 Å². The molecule has 2 aromatic rings. The van der Waals surface area contributed by atoms with Crippen LogP contribution in [0.2, 0.25) is 0 Å². The van der Waals surface area contributed by atoms with Crippen molar-refractivity contribution in [3.8, 4) is 5.75 Å². The molecule has 0 radical (unpaired) electrons. The highest BCUT2D eigenvalue weighted by Crippen LogP contribution is 2.31. The fourth-order valence-electron chi connectivity index (χ4n) is 2.99. The zero-order valence-corrected chi connectivity index (χ0v) is 17.1. The van der Waals surface area contributed by atoms with E-state index in [1.807, 2.05) is 0 Å². The number of hydrogen-bond donors (Lipinski definition) is 0. The van der Waals surface area contributed by atoms with Crippen molar-refractivity contribution in [1.82, 2.24) is 4.31 Å². The molecule has 0 N–H and O–H groups in total. The first kappa shape index (κ1) is 20.9. The van der Waals surface area contributed by atoms with Gasteiger partial charge in [-0.15, -0.1) is 17.9 Å². The van der Waals surface area contributed by atoms with E-state index in [-0.39, 0.29) is 28.6 Å². The quantitative estimate of drug-likeness (QED) is 0.287. The SMILES string of the molecule is C=CCN(C1CC(=O)N(c2ccc(OC(C)=O)cc2)C1=O)S(=O)(=O)c1cccs1. The Morgan fingerprint density at radius 1 is 1.31 bits per heavy atom. The molecule has 2 heterocycles. The molecule has 1 aromatic carbocycles. The number of ether oxygens (including phenoxy) is 1. The first-order chi connectivity index (χ1) is 13.8. The van der Waals surface area contributed by atoms with Crippen molar-refractivity contribution in [2.75, 3.05) is 11.4 Å². The van der Waals surface area contributed by atoms with Crippen LogP contribution in [-0.2, 0) is 24.4 Å². The van der Waals surface area contributed by atoms with E-state index < -0.39 is 33.8 Å². The standard InChI is InChI=1S/C19H18N2O6S2/c1-3-10-20(29(25,26)18-5-4-11-28-18)16-12-17(23)21(19(16)24)14-6-8-15(9-7-14)27-13(2)22/h3-9,11,16H,1,10,12H2,2H3. The van der Waals surface area contributed by atoms with Crippen molar-refractivity contribution < 1.29 is 27.5 Å². The third-order valence-electron chi connectivity index (χ3n) is 4.19. The molecule has 1 unspecified atom stereocenters. The largest absolute Gasteiger partial charge is 0.427 e. The number of rotatable bonds is 7. The summed E-state index contributed by atoms with van der Waals surface area (Å²) in [6.07, 6.45) is 1.10. The summed E-state index contributed by atoms with van der Waals surface area (Å²) in [5.74, 6) is -1.39. The number of carbonyl (C=O) groups excluding carboxylic acids is 3. The zero-order chi connectivity index (χ0) is 21.2. The van der Waals surface area contributed by atoms with Gasteiger partial charge in [0.15, 0.2) is 0 Å². The molecule has 2 amide bonds. The molecule has 1 atom stereocenters. The van der Waals surface area contributed by atoms with Crippen LogP contribution in [-0.4, -0.2) is 43.1 Å². The maximum Gasteiger partial charge on any atom is 0.308 e. The number of sulfonamides is 1. The van der Waals surface area contributed by atoms with Crippen LogP contribution >= 0.6 is 11.3 Å². The molecule has 0 aliphatic carbocycles. The van der Waals surface area contributed by atoms with Crippen LogP contribution in [0.3, 0.4) is 0 Å². The maximum atomic E-state index is 13.0. The Morgan fingerprint density at radius 3 is 2.55 bits per heavy atom. The number of amides is 2. The number of carbonyl (C=O) groups is 3. The van der Waals surface area contributed by atoms with Crippen LogP contribution in [0, 0.1) is 0 Å². The summed E-state index contributed by atoms with van der Waals surface area (Å²) in [6.45, 7) is 4.72. The molecule has 0 bridgehead atoms. The van der Waals surface area contributed by atoms with E-state index in [0.717, 1.165) is 20.5 Å². The molecule has 0 saturated carbocycles. The Hall–Kier alpha value is -2.82. The van der Waals surface area contributed by atoms with Crippen molar-refractivity contribution in [3.63, 3.8) is 0 Å². The van der Waals surface area contributed by atoms with Crippen LogP contribution in [0.1, 0.15) is 13.3 Å². The molecule has 1 aliphatic heterocycles. The van der Waals surface area contributed by atoms with Crippen LogP contribution in [0.25, 0.3) is 0 Å². The van der Waals surface area contributed by atoms with Gasteiger partial charge in [0.2, 0.25) is 5.91 Å². The number of imide groups is 1. The third kappa shape index (κ3) is 4.14. The number of thiophene rings is 1. The van der Waals surface area contributed by atoms with Crippen molar-refractivity contribution in [2.45, 2.75) is 23.6 Å². The van der Waals surface area contributed by atoms with Gasteiger partial charge in [-0.25, -0.2) is 13.3 Å². The van der Waals surface area contributed by atoms with Gasteiger partial charge in [0.1, 0.15) is 16.0 Å². The first-order valence-corrected chi connectivity index (χ1v) is 10.9. The molecular formula is C19H18N2O6S2. The average molecular weight is 434 g/mol. The predicted molar refractivity (Wildman–Crippen MR) is 107 cm³/mol. The molecule has 29 heavy (non-hydrogen) atoms. The lowest BCUT2D eigenvalue weighted by atomic mass is 10.2. The van der Waals surface area contributed by atoms with E-state index in [2.05, 4.69) is 6.58 Å². The molecule has 1 fully saturated rings. The van der Waals surface area contributed by atoms with E-state index in [1.54, 1.807) is 11.4 Å². The van der Waals surface area contributed by atoms with Gasteiger partial charge in [-0.05, 0) is 35.7 Å². The Kier molecular flexibility index (Phi) is 5.96. The van der Waals surface area contributed by atoms with Crippen LogP contribution in [0.4, 0.5) is 5.69 Å². The molecule has 0 spiro atoms. The van der Waals surface area contributed by atoms with Crippen LogP contribution in [0.15, 0.2) is 58.6 Å². The van der Waals surface area contributed by atoms with Gasteiger partial charge in [-0.2, -0.15) is 4.31 Å². The fourth-order valence-corrected chi connectivity index (χ4v) is 5.66. The summed E-state index contributed by atoms with van der Waals surface area (Å²) in [7, 11) is -3.96. The van der Waals surface area contributed by atoms with Crippen LogP contribution < -0.4 is 9.64 Å². The van der Waals surface area contributed by atoms with Gasteiger partial charge in [0.05, 0.1) is 12.1 Å². The van der Waals surface area contributed by atoms with E-state index in [0.29, 0.717) is 0 Å². The fraction of sp³-hybridized carbons (Fsp3) is 0.211. The Morgan fingerprint density at radius 2 is 2.00 bits per heavy atom. The smallest absolute Gasteiger partial charge is 0.308 e. The normalized spacial score (nSPS) is 17.0. The lowest BCUT2D eigenvalue weighted by molar-refractivity contribution is -0.132. The number of esters is 1. The third-order valence-corrected chi connectivity index (χ3v) is 7.44. The predicted octanol–water partition coefficient (Wildman–Crippen LogP) is 2.18. The minimum Gasteiger partial charge on any atom is -0.427 e. The van der Waals surface area contributed by atoms with E-state index in [4.69, 9.17) is 4.74 Å². The highest BCUT2D eigenvalue weighted by atomic mass is 32.2. The Bertz CT molecular complexity index is 1040. The summed E-state index contributed by atoms with van der Waals surface area (Å²) in [5.41, 5.74) is 0.269. The maximum absolute atomic E-state index is 13.0. The summed E-state index contributed by atoms with van der Waals surface area (Å²) in [5, 5.41) is 1.62. The van der Waals surface area contributed by atoms with E-state index in [9.17, 15) is 22.8 Å². The van der Waals surface area contributed by atoms with Crippen molar-refractivity contribution in [1.29, 1.82) is 0 Å². The molecule has 3 rings (SSSR count). The lowest BCUT2D eigenvalue weighted by Gasteiger charge is -2.25. The van der Waals surface area contributed by atoms with Crippen molar-refractivity contribution in [2.24, 2.45) is 0 Å². The highest BCUT2D eigenvalue weighted by Gasteiger charge is 2.46. The van der Waals surface area contributed by atoms with E-state index >= 15 is 0 Å². The van der Waals surface area contributed by atoms with Gasteiger partial charge >= 0.3 is 5.97 Å². The summed E-state index contributed by atoms with van der Waals surface area (Å²) in [6, 6.07) is 7.71. The summed E-state index contributed by atoms with van der Waals surface area (Å²) in [4.78, 5) is 37.5. The molecule has 8 nitrogen and oxygen atoms in total. The molecule has 1 saturated heterocycles. The monoisotopic (exact) mass is 434 g/mol. The number of nitrogens with zero attached hydrogens (tertiary/aromatic N) is 2. The Labute approximate surface area is 172 Å². The topological polar surface area (TPSA) is 101 Å². The van der Waals surface area contributed by atoms with Gasteiger partial charge in [0.25, 0.3) is 15.9 Å². The second-order valence-corrected chi connectivity index (χ2v) is 9.24.